The molecule has 11 nitrogen and oxygen atoms in total. The molecule has 0 unspecified atom stereocenters. The predicted octanol–water partition coefficient (Wildman–Crippen LogP) is 9.88. The first-order valence-electron chi connectivity index (χ1n) is 17.6. The van der Waals surface area contributed by atoms with Crippen LogP contribution in [0.4, 0.5) is 11.4 Å². The summed E-state index contributed by atoms with van der Waals surface area (Å²) in [7, 11) is 6.64. The van der Waals surface area contributed by atoms with Crippen LogP contribution in [0.5, 0.6) is 0 Å². The van der Waals surface area contributed by atoms with Crippen molar-refractivity contribution in [2.75, 3.05) is 41.7 Å². The van der Waals surface area contributed by atoms with Gasteiger partial charge in [0.15, 0.2) is 0 Å². The molecule has 0 atom stereocenters. The second kappa shape index (κ2) is 22.4. The Balaban J connectivity index is 0.000000214. The maximum atomic E-state index is 10.7. The minimum atomic E-state index is -0.457. The molecule has 5 aromatic rings. The average Bonchev–Trinajstić information content (AvgIpc) is 3.52. The van der Waals surface area contributed by atoms with Crippen LogP contribution in [0.1, 0.15) is 59.9 Å². The molecule has 55 heavy (non-hydrogen) atoms. The van der Waals surface area contributed by atoms with E-state index < -0.39 is 9.85 Å². The van der Waals surface area contributed by atoms with Gasteiger partial charge in [-0.25, -0.2) is 0 Å². The molecule has 0 aromatic heterocycles. The number of nitro benzene ring substituents is 2. The summed E-state index contributed by atoms with van der Waals surface area (Å²) in [5.41, 5.74) is 8.20. The molecule has 0 N–H and O–H groups in total. The molecule has 0 fully saturated rings. The van der Waals surface area contributed by atoms with Crippen molar-refractivity contribution < 1.29 is 28.8 Å². The van der Waals surface area contributed by atoms with Gasteiger partial charge in [0.05, 0.1) is 47.8 Å². The molecule has 0 heterocycles. The van der Waals surface area contributed by atoms with Crippen molar-refractivity contribution in [2.24, 2.45) is 0 Å². The second-order valence-electron chi connectivity index (χ2n) is 13.1. The van der Waals surface area contributed by atoms with Gasteiger partial charge in [-0.05, 0) is 52.8 Å². The predicted molar refractivity (Wildman–Crippen MR) is 214 cm³/mol. The Morgan fingerprint density at radius 3 is 1.47 bits per heavy atom. The van der Waals surface area contributed by atoms with Crippen LogP contribution < -0.4 is 0 Å². The topological polar surface area (TPSA) is 147 Å². The van der Waals surface area contributed by atoms with Crippen molar-refractivity contribution in [3.05, 3.63) is 175 Å². The Kier molecular flexibility index (Phi) is 17.8. The lowest BCUT2D eigenvalue weighted by atomic mass is 9.92. The van der Waals surface area contributed by atoms with Crippen molar-refractivity contribution in [2.45, 2.75) is 44.3 Å². The SMILES string of the molecule is COC(C)(C)CC#N.COCC(c1ccc([N+](=O)[O-])cc1)c1ccc([N+](=O)[O-])cc1.COCC1c2ccccc2-c2ccccc21.COCc1ccccc1. The van der Waals surface area contributed by atoms with E-state index in [1.165, 1.54) is 52.1 Å². The van der Waals surface area contributed by atoms with Gasteiger partial charge in [-0.2, -0.15) is 5.26 Å². The molecule has 0 spiro atoms. The summed E-state index contributed by atoms with van der Waals surface area (Å²) in [6.07, 6.45) is 0.448. The largest absolute Gasteiger partial charge is 0.384 e. The first-order chi connectivity index (χ1) is 26.5. The van der Waals surface area contributed by atoms with Crippen LogP contribution in [-0.4, -0.2) is 57.1 Å². The van der Waals surface area contributed by atoms with Gasteiger partial charge in [-0.1, -0.05) is 103 Å². The molecule has 11 heteroatoms. The lowest BCUT2D eigenvalue weighted by molar-refractivity contribution is -0.385. The Morgan fingerprint density at radius 1 is 0.655 bits per heavy atom. The van der Waals surface area contributed by atoms with Gasteiger partial charge < -0.3 is 18.9 Å². The van der Waals surface area contributed by atoms with E-state index in [-0.39, 0.29) is 22.9 Å². The highest BCUT2D eigenvalue weighted by atomic mass is 16.6. The Morgan fingerprint density at radius 2 is 1.11 bits per heavy atom. The van der Waals surface area contributed by atoms with E-state index in [9.17, 15) is 20.2 Å². The number of nitro groups is 2. The third-order valence-corrected chi connectivity index (χ3v) is 8.85. The van der Waals surface area contributed by atoms with Crippen LogP contribution in [0.15, 0.2) is 127 Å². The number of hydrogen-bond donors (Lipinski definition) is 0. The fraction of sp³-hybridized carbons (Fsp3) is 0.295. The monoisotopic (exact) mass is 747 g/mol. The molecular weight excluding hydrogens is 698 g/mol. The summed E-state index contributed by atoms with van der Waals surface area (Å²) >= 11 is 0. The fourth-order valence-corrected chi connectivity index (χ4v) is 5.82. The van der Waals surface area contributed by atoms with Crippen molar-refractivity contribution in [1.82, 2.24) is 0 Å². The maximum absolute atomic E-state index is 10.7. The number of benzene rings is 5. The Labute approximate surface area is 323 Å². The zero-order chi connectivity index (χ0) is 40.2. The number of fused-ring (bicyclic) bond motifs is 3. The summed E-state index contributed by atoms with van der Waals surface area (Å²) in [6, 6.07) is 41.8. The van der Waals surface area contributed by atoms with Crippen LogP contribution >= 0.6 is 0 Å². The van der Waals surface area contributed by atoms with Crippen molar-refractivity contribution in [1.29, 1.82) is 5.26 Å². The molecule has 1 aliphatic rings. The van der Waals surface area contributed by atoms with Gasteiger partial charge in [0.1, 0.15) is 0 Å². The molecule has 0 aliphatic heterocycles. The summed E-state index contributed by atoms with van der Waals surface area (Å²) in [4.78, 5) is 20.5. The standard InChI is InChI=1S/C15H14N2O5.C15H14O.C8H10O.C6H11NO/c1-22-10-15(11-2-6-13(7-3-11)16(18)19)12-4-8-14(9-5-12)17(20)21;1-16-10-15-13-8-4-2-6-11(13)12-7-3-5-9-14(12)15;1-9-7-8-5-3-2-4-6-8;1-6(2,8-3)4-5-7/h2-9,15H,10H2,1H3;2-9,15H,10H2,1H3;2-6H,7H2,1H3;4H2,1-3H3. The minimum Gasteiger partial charge on any atom is -0.384 e. The number of rotatable bonds is 12. The van der Waals surface area contributed by atoms with Crippen LogP contribution in [0.3, 0.4) is 0 Å². The van der Waals surface area contributed by atoms with Gasteiger partial charge in [0.25, 0.3) is 11.4 Å². The zero-order valence-corrected chi connectivity index (χ0v) is 32.2. The number of nitrogens with zero attached hydrogens (tertiary/aromatic N) is 3. The van der Waals surface area contributed by atoms with Crippen molar-refractivity contribution in [3.8, 4) is 17.2 Å². The van der Waals surface area contributed by atoms with Crippen LogP contribution in [0.2, 0.25) is 0 Å². The molecule has 1 aliphatic carbocycles. The van der Waals surface area contributed by atoms with Crippen molar-refractivity contribution in [3.63, 3.8) is 0 Å². The van der Waals surface area contributed by atoms with Crippen LogP contribution in [-0.2, 0) is 25.6 Å². The molecule has 5 aromatic carbocycles. The van der Waals surface area contributed by atoms with E-state index in [2.05, 4.69) is 48.5 Å². The first-order valence-corrected chi connectivity index (χ1v) is 17.6. The second-order valence-corrected chi connectivity index (χ2v) is 13.1. The number of hydrogen-bond acceptors (Lipinski definition) is 9. The molecular formula is C44H49N3O8. The lowest BCUT2D eigenvalue weighted by Crippen LogP contribution is -2.20. The van der Waals surface area contributed by atoms with E-state index in [1.54, 1.807) is 52.7 Å². The van der Waals surface area contributed by atoms with E-state index >= 15 is 0 Å². The van der Waals surface area contributed by atoms with Gasteiger partial charge >= 0.3 is 0 Å². The van der Waals surface area contributed by atoms with Gasteiger partial charge in [-0.15, -0.1) is 0 Å². The molecule has 0 saturated heterocycles. The number of nitriles is 1. The van der Waals surface area contributed by atoms with Gasteiger partial charge in [-0.3, -0.25) is 20.2 Å². The highest BCUT2D eigenvalue weighted by Crippen LogP contribution is 2.44. The third-order valence-electron chi connectivity index (χ3n) is 8.85. The van der Waals surface area contributed by atoms with Crippen LogP contribution in [0, 0.1) is 31.6 Å². The van der Waals surface area contributed by atoms with E-state index in [4.69, 9.17) is 24.2 Å². The maximum Gasteiger partial charge on any atom is 0.269 e. The van der Waals surface area contributed by atoms with E-state index in [1.807, 2.05) is 50.2 Å². The summed E-state index contributed by atoms with van der Waals surface area (Å²) in [6.45, 7) is 5.61. The highest BCUT2D eigenvalue weighted by Gasteiger charge is 2.27. The summed E-state index contributed by atoms with van der Waals surface area (Å²) in [5.74, 6) is 0.254. The first kappa shape index (κ1) is 43.6. The smallest absolute Gasteiger partial charge is 0.269 e. The van der Waals surface area contributed by atoms with E-state index in [0.29, 0.717) is 25.6 Å². The van der Waals surface area contributed by atoms with Crippen molar-refractivity contribution >= 4 is 11.4 Å². The summed E-state index contributed by atoms with van der Waals surface area (Å²) in [5, 5.41) is 29.6. The van der Waals surface area contributed by atoms with Gasteiger partial charge in [0, 0.05) is 64.5 Å². The molecule has 6 rings (SSSR count). The third kappa shape index (κ3) is 13.2. The molecule has 0 amide bonds. The molecule has 0 saturated carbocycles. The highest BCUT2D eigenvalue weighted by molar-refractivity contribution is 5.78. The summed E-state index contributed by atoms with van der Waals surface area (Å²) < 4.78 is 20.4. The molecule has 0 radical (unpaired) electrons. The average molecular weight is 748 g/mol. The Bertz CT molecular complexity index is 1860. The van der Waals surface area contributed by atoms with Crippen LogP contribution in [0.25, 0.3) is 11.1 Å². The lowest BCUT2D eigenvalue weighted by Gasteiger charge is -2.17. The fourth-order valence-electron chi connectivity index (χ4n) is 5.82. The molecule has 288 valence electrons. The number of non-ortho nitro benzene ring substituents is 2. The van der Waals surface area contributed by atoms with Gasteiger partial charge in [0.2, 0.25) is 0 Å². The quantitative estimate of drug-likeness (QED) is 0.0898. The van der Waals surface area contributed by atoms with E-state index in [0.717, 1.165) is 17.7 Å². The zero-order valence-electron chi connectivity index (χ0n) is 32.2. The number of methoxy groups -OCH3 is 4. The Hall–Kier alpha value is -5.77. The number of ether oxygens (including phenoxy) is 4. The minimum absolute atomic E-state index is 0.0172. The molecule has 0 bridgehead atoms. The normalized spacial score (nSPS) is 11.3.